The van der Waals surface area contributed by atoms with Crippen molar-refractivity contribution in [3.63, 3.8) is 0 Å². The molecular formula is C24H23N5OS2. The third-order valence-electron chi connectivity index (χ3n) is 4.93. The van der Waals surface area contributed by atoms with Gasteiger partial charge in [-0.15, -0.1) is 23.1 Å². The Morgan fingerprint density at radius 1 is 1.06 bits per heavy atom. The van der Waals surface area contributed by atoms with E-state index >= 15 is 0 Å². The summed E-state index contributed by atoms with van der Waals surface area (Å²) in [5.41, 5.74) is 3.87. The Labute approximate surface area is 195 Å². The van der Waals surface area contributed by atoms with E-state index in [1.165, 1.54) is 16.0 Å². The van der Waals surface area contributed by atoms with Crippen LogP contribution in [0.5, 0.6) is 0 Å². The first kappa shape index (κ1) is 22.0. The Morgan fingerprint density at radius 3 is 2.78 bits per heavy atom. The molecule has 2 N–H and O–H groups in total. The van der Waals surface area contributed by atoms with E-state index in [-0.39, 0.29) is 5.91 Å². The number of nitrogens with one attached hydrogen (secondary N) is 2. The molecule has 0 aliphatic heterocycles. The van der Waals surface area contributed by atoms with E-state index in [0.29, 0.717) is 11.4 Å². The SMILES string of the molecule is CSc1cccc(C(=O)Nc2ccc(C)c(CCc3cnc(Nc4cnccn4)s3)c2)c1. The van der Waals surface area contributed by atoms with E-state index < -0.39 is 0 Å². The summed E-state index contributed by atoms with van der Waals surface area (Å²) in [6.45, 7) is 2.09. The number of aromatic nitrogens is 3. The molecule has 8 heteroatoms. The van der Waals surface area contributed by atoms with Crippen LogP contribution in [0.4, 0.5) is 16.6 Å². The van der Waals surface area contributed by atoms with Crippen molar-refractivity contribution in [2.75, 3.05) is 16.9 Å². The number of anilines is 3. The van der Waals surface area contributed by atoms with Crippen LogP contribution in [0.25, 0.3) is 0 Å². The number of amides is 1. The average Bonchev–Trinajstić information content (AvgIpc) is 3.27. The van der Waals surface area contributed by atoms with Gasteiger partial charge in [0.25, 0.3) is 5.91 Å². The Hall–Kier alpha value is -3.23. The van der Waals surface area contributed by atoms with Crippen LogP contribution < -0.4 is 10.6 Å². The molecule has 0 saturated carbocycles. The van der Waals surface area contributed by atoms with E-state index in [1.54, 1.807) is 41.7 Å². The van der Waals surface area contributed by atoms with Gasteiger partial charge < -0.3 is 10.6 Å². The van der Waals surface area contributed by atoms with Crippen molar-refractivity contribution < 1.29 is 4.79 Å². The highest BCUT2D eigenvalue weighted by Crippen LogP contribution is 2.24. The van der Waals surface area contributed by atoms with E-state index in [9.17, 15) is 4.79 Å². The number of aryl methyl sites for hydroxylation is 3. The first-order valence-corrected chi connectivity index (χ1v) is 12.2. The average molecular weight is 462 g/mol. The summed E-state index contributed by atoms with van der Waals surface area (Å²) in [7, 11) is 0. The molecular weight excluding hydrogens is 438 g/mol. The normalized spacial score (nSPS) is 10.7. The lowest BCUT2D eigenvalue weighted by molar-refractivity contribution is 0.102. The van der Waals surface area contributed by atoms with Crippen molar-refractivity contribution in [3.8, 4) is 0 Å². The molecule has 4 rings (SSSR count). The van der Waals surface area contributed by atoms with Crippen molar-refractivity contribution in [2.24, 2.45) is 0 Å². The van der Waals surface area contributed by atoms with Gasteiger partial charge in [0.2, 0.25) is 0 Å². The van der Waals surface area contributed by atoms with Crippen molar-refractivity contribution in [1.82, 2.24) is 15.0 Å². The van der Waals surface area contributed by atoms with E-state index in [0.717, 1.165) is 28.6 Å². The molecule has 32 heavy (non-hydrogen) atoms. The van der Waals surface area contributed by atoms with Gasteiger partial charge in [0, 0.05) is 39.6 Å². The summed E-state index contributed by atoms with van der Waals surface area (Å²) in [5, 5.41) is 7.00. The Morgan fingerprint density at radius 2 is 1.97 bits per heavy atom. The predicted molar refractivity (Wildman–Crippen MR) is 132 cm³/mol. The standard InChI is InChI=1S/C24H23N5OS2/c1-16-6-8-19(28-23(30)18-4-3-5-20(13-18)31-2)12-17(16)7-9-21-14-27-24(32-21)29-22-15-25-10-11-26-22/h3-6,8,10-15H,7,9H2,1-2H3,(H,28,30)(H,26,27,29). The summed E-state index contributed by atoms with van der Waals surface area (Å²) < 4.78 is 0. The second-order valence-electron chi connectivity index (χ2n) is 7.17. The molecule has 0 spiro atoms. The highest BCUT2D eigenvalue weighted by molar-refractivity contribution is 7.98. The van der Waals surface area contributed by atoms with Crippen LogP contribution in [0.15, 0.2) is 72.1 Å². The van der Waals surface area contributed by atoms with Gasteiger partial charge in [-0.05, 0) is 67.5 Å². The second-order valence-corrected chi connectivity index (χ2v) is 9.17. The summed E-state index contributed by atoms with van der Waals surface area (Å²) in [6, 6.07) is 13.7. The number of rotatable bonds is 8. The van der Waals surface area contributed by atoms with Crippen LogP contribution in [0, 0.1) is 6.92 Å². The number of nitrogens with zero attached hydrogens (tertiary/aromatic N) is 3. The summed E-state index contributed by atoms with van der Waals surface area (Å²) in [6.07, 6.45) is 10.6. The van der Waals surface area contributed by atoms with Gasteiger partial charge in [0.1, 0.15) is 0 Å². The largest absolute Gasteiger partial charge is 0.322 e. The highest BCUT2D eigenvalue weighted by atomic mass is 32.2. The molecule has 0 radical (unpaired) electrons. The van der Waals surface area contributed by atoms with Crippen LogP contribution >= 0.6 is 23.1 Å². The Balaban J connectivity index is 1.39. The van der Waals surface area contributed by atoms with Crippen molar-refractivity contribution in [3.05, 3.63) is 88.8 Å². The molecule has 2 aromatic carbocycles. The number of benzene rings is 2. The Bertz CT molecular complexity index is 1210. The van der Waals surface area contributed by atoms with Gasteiger partial charge in [0.05, 0.1) is 6.20 Å². The minimum Gasteiger partial charge on any atom is -0.322 e. The van der Waals surface area contributed by atoms with Crippen LogP contribution in [-0.4, -0.2) is 27.1 Å². The molecule has 0 atom stereocenters. The smallest absolute Gasteiger partial charge is 0.255 e. The van der Waals surface area contributed by atoms with Gasteiger partial charge >= 0.3 is 0 Å². The zero-order valence-corrected chi connectivity index (χ0v) is 19.5. The van der Waals surface area contributed by atoms with Gasteiger partial charge in [-0.3, -0.25) is 9.78 Å². The minimum atomic E-state index is -0.0992. The Kier molecular flexibility index (Phi) is 7.14. The van der Waals surface area contributed by atoms with E-state index in [1.807, 2.05) is 42.8 Å². The molecule has 1 amide bonds. The maximum absolute atomic E-state index is 12.7. The van der Waals surface area contributed by atoms with Crippen molar-refractivity contribution in [2.45, 2.75) is 24.7 Å². The molecule has 2 heterocycles. The third kappa shape index (κ3) is 5.72. The molecule has 6 nitrogen and oxygen atoms in total. The lowest BCUT2D eigenvalue weighted by Crippen LogP contribution is -2.12. The first-order valence-electron chi connectivity index (χ1n) is 10.1. The van der Waals surface area contributed by atoms with Crippen LogP contribution in [-0.2, 0) is 12.8 Å². The molecule has 0 aliphatic rings. The lowest BCUT2D eigenvalue weighted by Gasteiger charge is -2.10. The van der Waals surface area contributed by atoms with Gasteiger partial charge in [-0.2, -0.15) is 0 Å². The fourth-order valence-corrected chi connectivity index (χ4v) is 4.48. The quantitative estimate of drug-likeness (QED) is 0.326. The van der Waals surface area contributed by atoms with Gasteiger partial charge in [-0.25, -0.2) is 9.97 Å². The molecule has 0 saturated heterocycles. The second kappa shape index (κ2) is 10.4. The predicted octanol–water partition coefficient (Wildman–Crippen LogP) is 5.74. The van der Waals surface area contributed by atoms with Crippen LogP contribution in [0.3, 0.4) is 0 Å². The lowest BCUT2D eigenvalue weighted by atomic mass is 10.0. The number of thioether (sulfide) groups is 1. The number of hydrogen-bond donors (Lipinski definition) is 2. The summed E-state index contributed by atoms with van der Waals surface area (Å²) in [5.74, 6) is 0.577. The number of carbonyl (C=O) groups excluding carboxylic acids is 1. The topological polar surface area (TPSA) is 79.8 Å². The van der Waals surface area contributed by atoms with Gasteiger partial charge in [0.15, 0.2) is 10.9 Å². The number of carbonyl (C=O) groups is 1. The van der Waals surface area contributed by atoms with E-state index in [2.05, 4.69) is 44.6 Å². The monoisotopic (exact) mass is 461 g/mol. The molecule has 0 fully saturated rings. The number of thiazole rings is 1. The molecule has 0 bridgehead atoms. The third-order valence-corrected chi connectivity index (χ3v) is 6.63. The molecule has 162 valence electrons. The van der Waals surface area contributed by atoms with Crippen LogP contribution in [0.2, 0.25) is 0 Å². The first-order chi connectivity index (χ1) is 15.6. The molecule has 4 aromatic rings. The van der Waals surface area contributed by atoms with E-state index in [4.69, 9.17) is 0 Å². The maximum Gasteiger partial charge on any atom is 0.255 e. The molecule has 0 aliphatic carbocycles. The zero-order valence-electron chi connectivity index (χ0n) is 17.8. The van der Waals surface area contributed by atoms with Crippen molar-refractivity contribution in [1.29, 1.82) is 0 Å². The molecule has 2 aromatic heterocycles. The minimum absolute atomic E-state index is 0.0992. The highest BCUT2D eigenvalue weighted by Gasteiger charge is 2.10. The molecule has 0 unspecified atom stereocenters. The summed E-state index contributed by atoms with van der Waals surface area (Å²) >= 11 is 3.23. The fraction of sp³-hybridized carbons (Fsp3) is 0.167. The van der Waals surface area contributed by atoms with Crippen molar-refractivity contribution >= 4 is 45.6 Å². The summed E-state index contributed by atoms with van der Waals surface area (Å²) in [4.78, 5) is 27.6. The zero-order chi connectivity index (χ0) is 22.3. The maximum atomic E-state index is 12.7. The fourth-order valence-electron chi connectivity index (χ4n) is 3.20. The van der Waals surface area contributed by atoms with Gasteiger partial charge in [-0.1, -0.05) is 12.1 Å². The van der Waals surface area contributed by atoms with Crippen LogP contribution in [0.1, 0.15) is 26.4 Å². The number of hydrogen-bond acceptors (Lipinski definition) is 7.